The summed E-state index contributed by atoms with van der Waals surface area (Å²) in [5.74, 6) is 0. The average Bonchev–Trinajstić information content (AvgIpc) is 2.94. The number of aryl methyl sites for hydroxylation is 1. The van der Waals surface area contributed by atoms with Gasteiger partial charge < -0.3 is 15.4 Å². The summed E-state index contributed by atoms with van der Waals surface area (Å²) in [7, 11) is 0. The van der Waals surface area contributed by atoms with E-state index in [0.29, 0.717) is 0 Å². The summed E-state index contributed by atoms with van der Waals surface area (Å²) < 4.78 is 7.28. The lowest BCUT2D eigenvalue weighted by Gasteiger charge is -2.30. The predicted molar refractivity (Wildman–Crippen MR) is 73.5 cm³/mol. The molecule has 0 spiro atoms. The van der Waals surface area contributed by atoms with Gasteiger partial charge in [-0.1, -0.05) is 0 Å². The van der Waals surface area contributed by atoms with Crippen molar-refractivity contribution < 1.29 is 4.74 Å². The number of morpholine rings is 1. The molecule has 3 rings (SSSR count). The second-order valence-corrected chi connectivity index (χ2v) is 4.67. The van der Waals surface area contributed by atoms with Crippen molar-refractivity contribution in [1.82, 2.24) is 14.8 Å². The molecule has 1 aliphatic heterocycles. The molecule has 1 saturated heterocycles. The third kappa shape index (κ3) is 2.26. The van der Waals surface area contributed by atoms with Crippen molar-refractivity contribution >= 4 is 11.4 Å². The Morgan fingerprint density at radius 1 is 1.11 bits per heavy atom. The summed E-state index contributed by atoms with van der Waals surface area (Å²) in [5.41, 5.74) is 10.2. The van der Waals surface area contributed by atoms with Gasteiger partial charge in [0.2, 0.25) is 0 Å². The number of hydrogen-bond acceptors (Lipinski definition) is 5. The number of ether oxygens (including phenoxy) is 1. The first-order valence-electron chi connectivity index (χ1n) is 6.33. The minimum Gasteiger partial charge on any atom is -0.397 e. The van der Waals surface area contributed by atoms with Crippen molar-refractivity contribution in [2.75, 3.05) is 36.9 Å². The van der Waals surface area contributed by atoms with Crippen LogP contribution in [0.5, 0.6) is 0 Å². The molecule has 6 nitrogen and oxygen atoms in total. The van der Waals surface area contributed by atoms with Crippen LogP contribution in [0.3, 0.4) is 0 Å². The summed E-state index contributed by atoms with van der Waals surface area (Å²) in [4.78, 5) is 2.26. The van der Waals surface area contributed by atoms with Gasteiger partial charge in [0.1, 0.15) is 12.7 Å². The first kappa shape index (κ1) is 12.0. The van der Waals surface area contributed by atoms with Crippen LogP contribution in [0.25, 0.3) is 5.69 Å². The first-order chi connectivity index (χ1) is 9.25. The number of benzene rings is 1. The normalized spacial score (nSPS) is 15.7. The maximum atomic E-state index is 6.15. The van der Waals surface area contributed by atoms with Gasteiger partial charge in [-0.05, 0) is 24.6 Å². The van der Waals surface area contributed by atoms with E-state index < -0.39 is 0 Å². The van der Waals surface area contributed by atoms with Crippen molar-refractivity contribution in [2.45, 2.75) is 6.92 Å². The van der Waals surface area contributed by atoms with E-state index in [2.05, 4.69) is 21.2 Å². The Kier molecular flexibility index (Phi) is 3.08. The molecule has 2 aromatic rings. The highest BCUT2D eigenvalue weighted by atomic mass is 16.5. The summed E-state index contributed by atoms with van der Waals surface area (Å²) in [6.07, 6.45) is 3.39. The second-order valence-electron chi connectivity index (χ2n) is 4.67. The molecule has 100 valence electrons. The topological polar surface area (TPSA) is 69.2 Å². The average molecular weight is 259 g/mol. The Bertz CT molecular complexity index is 561. The van der Waals surface area contributed by atoms with Crippen molar-refractivity contribution in [3.63, 3.8) is 0 Å². The fraction of sp³-hybridized carbons (Fsp3) is 0.385. The van der Waals surface area contributed by atoms with Crippen molar-refractivity contribution in [3.8, 4) is 5.69 Å². The van der Waals surface area contributed by atoms with E-state index in [1.165, 1.54) is 0 Å². The zero-order chi connectivity index (χ0) is 13.2. The van der Waals surface area contributed by atoms with Gasteiger partial charge in [-0.25, -0.2) is 0 Å². The lowest BCUT2D eigenvalue weighted by molar-refractivity contribution is 0.123. The zero-order valence-electron chi connectivity index (χ0n) is 10.9. The number of nitrogens with two attached hydrogens (primary N) is 1. The molecule has 1 aliphatic rings. The van der Waals surface area contributed by atoms with E-state index in [1.807, 2.05) is 17.6 Å². The zero-order valence-corrected chi connectivity index (χ0v) is 10.9. The van der Waals surface area contributed by atoms with Gasteiger partial charge in [0.05, 0.1) is 30.3 Å². The molecule has 0 aliphatic carbocycles. The van der Waals surface area contributed by atoms with E-state index in [4.69, 9.17) is 10.5 Å². The molecule has 1 aromatic carbocycles. The van der Waals surface area contributed by atoms with E-state index in [9.17, 15) is 0 Å². The van der Waals surface area contributed by atoms with Gasteiger partial charge in [-0.15, -0.1) is 10.2 Å². The Hall–Kier alpha value is -2.08. The molecule has 0 unspecified atom stereocenters. The lowest BCUT2D eigenvalue weighted by Crippen LogP contribution is -2.36. The number of anilines is 2. The van der Waals surface area contributed by atoms with Crippen LogP contribution < -0.4 is 10.6 Å². The van der Waals surface area contributed by atoms with Gasteiger partial charge in [-0.3, -0.25) is 4.57 Å². The molecule has 0 atom stereocenters. The number of aromatic nitrogens is 3. The molecule has 2 N–H and O–H groups in total. The van der Waals surface area contributed by atoms with Crippen LogP contribution in [0.15, 0.2) is 24.8 Å². The third-order valence-electron chi connectivity index (χ3n) is 3.39. The maximum absolute atomic E-state index is 6.15. The van der Waals surface area contributed by atoms with E-state index in [0.717, 1.165) is 48.9 Å². The van der Waals surface area contributed by atoms with E-state index >= 15 is 0 Å². The van der Waals surface area contributed by atoms with Crippen molar-refractivity contribution in [3.05, 3.63) is 30.4 Å². The summed E-state index contributed by atoms with van der Waals surface area (Å²) in [5, 5.41) is 7.70. The van der Waals surface area contributed by atoms with E-state index in [1.54, 1.807) is 12.7 Å². The van der Waals surface area contributed by atoms with Crippen LogP contribution in [-0.4, -0.2) is 41.1 Å². The third-order valence-corrected chi connectivity index (χ3v) is 3.39. The van der Waals surface area contributed by atoms with Crippen LogP contribution in [0, 0.1) is 6.92 Å². The lowest BCUT2D eigenvalue weighted by atomic mass is 10.1. The Balaban J connectivity index is 2.02. The minimum atomic E-state index is 0.745. The van der Waals surface area contributed by atoms with Crippen LogP contribution >= 0.6 is 0 Å². The standard InChI is InChI=1S/C13H17N5O/c1-10-6-11(14)13(17-2-4-19-5-3-17)7-12(10)18-8-15-16-9-18/h6-9H,2-5,14H2,1H3. The van der Waals surface area contributed by atoms with Crippen LogP contribution in [0.1, 0.15) is 5.56 Å². The van der Waals surface area contributed by atoms with E-state index in [-0.39, 0.29) is 0 Å². The quantitative estimate of drug-likeness (QED) is 0.815. The second kappa shape index (κ2) is 4.89. The molecule has 0 amide bonds. The number of nitrogen functional groups attached to an aromatic ring is 1. The molecular weight excluding hydrogens is 242 g/mol. The number of nitrogens with zero attached hydrogens (tertiary/aromatic N) is 4. The Morgan fingerprint density at radius 2 is 1.79 bits per heavy atom. The van der Waals surface area contributed by atoms with Gasteiger partial charge in [0, 0.05) is 13.1 Å². The Morgan fingerprint density at radius 3 is 2.47 bits per heavy atom. The van der Waals surface area contributed by atoms with Gasteiger partial charge in [0.25, 0.3) is 0 Å². The number of rotatable bonds is 2. The molecule has 6 heteroatoms. The molecule has 0 saturated carbocycles. The molecule has 0 radical (unpaired) electrons. The smallest absolute Gasteiger partial charge is 0.123 e. The van der Waals surface area contributed by atoms with Crippen LogP contribution in [0.4, 0.5) is 11.4 Å². The van der Waals surface area contributed by atoms with Crippen molar-refractivity contribution in [2.24, 2.45) is 0 Å². The fourth-order valence-electron chi connectivity index (χ4n) is 2.39. The van der Waals surface area contributed by atoms with Crippen LogP contribution in [0.2, 0.25) is 0 Å². The largest absolute Gasteiger partial charge is 0.397 e. The highest BCUT2D eigenvalue weighted by Gasteiger charge is 2.16. The summed E-state index contributed by atoms with van der Waals surface area (Å²) in [6, 6.07) is 4.10. The fourth-order valence-corrected chi connectivity index (χ4v) is 2.39. The first-order valence-corrected chi connectivity index (χ1v) is 6.33. The molecule has 0 bridgehead atoms. The predicted octanol–water partition coefficient (Wildman–Crippen LogP) is 0.995. The molecule has 1 fully saturated rings. The van der Waals surface area contributed by atoms with Gasteiger partial charge >= 0.3 is 0 Å². The Labute approximate surface area is 111 Å². The highest BCUT2D eigenvalue weighted by molar-refractivity contribution is 5.72. The summed E-state index contributed by atoms with van der Waals surface area (Å²) in [6.45, 7) is 5.27. The SMILES string of the molecule is Cc1cc(N)c(N2CCOCC2)cc1-n1cnnc1. The molecule has 2 heterocycles. The molecule has 19 heavy (non-hydrogen) atoms. The maximum Gasteiger partial charge on any atom is 0.123 e. The molecular formula is C13H17N5O. The summed E-state index contributed by atoms with van der Waals surface area (Å²) >= 11 is 0. The highest BCUT2D eigenvalue weighted by Crippen LogP contribution is 2.29. The number of hydrogen-bond donors (Lipinski definition) is 1. The van der Waals surface area contributed by atoms with Gasteiger partial charge in [0.15, 0.2) is 0 Å². The van der Waals surface area contributed by atoms with Crippen molar-refractivity contribution in [1.29, 1.82) is 0 Å². The molecule has 1 aromatic heterocycles. The minimum absolute atomic E-state index is 0.745. The van der Waals surface area contributed by atoms with Gasteiger partial charge in [-0.2, -0.15) is 0 Å². The monoisotopic (exact) mass is 259 g/mol. The van der Waals surface area contributed by atoms with Crippen LogP contribution in [-0.2, 0) is 4.74 Å².